The van der Waals surface area contributed by atoms with E-state index in [1.807, 2.05) is 0 Å². The number of phenolic OH excluding ortho intramolecular Hbond substituents is 1. The first kappa shape index (κ1) is 13.9. The summed E-state index contributed by atoms with van der Waals surface area (Å²) < 4.78 is 0.761. The molecule has 0 atom stereocenters. The minimum absolute atomic E-state index is 0.0102. The Morgan fingerprint density at radius 1 is 1.28 bits per heavy atom. The van der Waals surface area contributed by atoms with Crippen molar-refractivity contribution < 1.29 is 9.90 Å². The van der Waals surface area contributed by atoms with Gasteiger partial charge in [-0.1, -0.05) is 31.9 Å². The van der Waals surface area contributed by atoms with Crippen LogP contribution in [0.3, 0.4) is 0 Å². The molecule has 0 saturated heterocycles. The number of hydrogen-bond acceptors (Lipinski definition) is 2. The van der Waals surface area contributed by atoms with Gasteiger partial charge in [-0.05, 0) is 43.9 Å². The number of halogens is 2. The molecule has 2 N–H and O–H groups in total. The van der Waals surface area contributed by atoms with Gasteiger partial charge in [0.15, 0.2) is 0 Å². The number of nitrogens with one attached hydrogen (secondary N) is 1. The van der Waals surface area contributed by atoms with Crippen LogP contribution in [-0.4, -0.2) is 21.9 Å². The van der Waals surface area contributed by atoms with Crippen molar-refractivity contribution in [1.29, 1.82) is 0 Å². The largest absolute Gasteiger partial charge is 0.507 e. The Balaban J connectivity index is 1.99. The highest BCUT2D eigenvalue weighted by atomic mass is 79.9. The first-order valence-corrected chi connectivity index (χ1v) is 7.70. The van der Waals surface area contributed by atoms with Gasteiger partial charge in [0, 0.05) is 15.3 Å². The second-order valence-electron chi connectivity index (χ2n) is 4.58. The predicted molar refractivity (Wildman–Crippen MR) is 78.2 cm³/mol. The maximum absolute atomic E-state index is 12.0. The first-order chi connectivity index (χ1) is 8.56. The maximum atomic E-state index is 12.0. The summed E-state index contributed by atoms with van der Waals surface area (Å²) in [6.45, 7) is 0. The zero-order valence-electron chi connectivity index (χ0n) is 9.83. The average molecular weight is 377 g/mol. The molecule has 0 aromatic heterocycles. The third-order valence-electron chi connectivity index (χ3n) is 3.20. The van der Waals surface area contributed by atoms with Gasteiger partial charge >= 0.3 is 0 Å². The fourth-order valence-corrected chi connectivity index (χ4v) is 3.03. The highest BCUT2D eigenvalue weighted by molar-refractivity contribution is 9.10. The molecule has 1 aliphatic rings. The Morgan fingerprint density at radius 3 is 2.56 bits per heavy atom. The van der Waals surface area contributed by atoms with Crippen LogP contribution in [0.25, 0.3) is 0 Å². The summed E-state index contributed by atoms with van der Waals surface area (Å²) >= 11 is 6.84. The number of aromatic hydroxyl groups is 1. The fourth-order valence-electron chi connectivity index (χ4n) is 2.16. The van der Waals surface area contributed by atoms with E-state index in [1.54, 1.807) is 12.1 Å². The van der Waals surface area contributed by atoms with E-state index in [2.05, 4.69) is 37.2 Å². The maximum Gasteiger partial charge on any atom is 0.255 e. The van der Waals surface area contributed by atoms with E-state index in [0.29, 0.717) is 10.4 Å². The molecular weight excluding hydrogens is 362 g/mol. The second-order valence-corrected chi connectivity index (χ2v) is 6.79. The quantitative estimate of drug-likeness (QED) is 0.775. The van der Waals surface area contributed by atoms with Gasteiger partial charge in [-0.2, -0.15) is 0 Å². The van der Waals surface area contributed by atoms with E-state index < -0.39 is 0 Å². The van der Waals surface area contributed by atoms with Crippen LogP contribution in [0.1, 0.15) is 36.0 Å². The third-order valence-corrected chi connectivity index (χ3v) is 4.61. The minimum Gasteiger partial charge on any atom is -0.507 e. The number of benzene rings is 1. The molecule has 1 aromatic carbocycles. The molecular formula is C13H15Br2NO2. The van der Waals surface area contributed by atoms with Gasteiger partial charge < -0.3 is 10.4 Å². The Morgan fingerprint density at radius 2 is 1.94 bits per heavy atom. The monoisotopic (exact) mass is 375 g/mol. The van der Waals surface area contributed by atoms with Gasteiger partial charge in [0.05, 0.1) is 5.56 Å². The molecule has 0 bridgehead atoms. The lowest BCUT2D eigenvalue weighted by Crippen LogP contribution is -2.37. The molecule has 0 aliphatic heterocycles. The molecule has 0 heterocycles. The van der Waals surface area contributed by atoms with E-state index in [4.69, 9.17) is 0 Å². The van der Waals surface area contributed by atoms with Gasteiger partial charge in [0.2, 0.25) is 0 Å². The molecule has 3 nitrogen and oxygen atoms in total. The molecule has 0 unspecified atom stereocenters. The number of phenols is 1. The van der Waals surface area contributed by atoms with Crippen molar-refractivity contribution in [1.82, 2.24) is 5.32 Å². The van der Waals surface area contributed by atoms with Crippen LogP contribution >= 0.6 is 31.9 Å². The van der Waals surface area contributed by atoms with Crippen LogP contribution in [0.2, 0.25) is 0 Å². The average Bonchev–Trinajstić information content (AvgIpc) is 2.32. The number of carbonyl (C=O) groups is 1. The van der Waals surface area contributed by atoms with E-state index in [-0.39, 0.29) is 17.7 Å². The molecule has 0 radical (unpaired) electrons. The Kier molecular flexibility index (Phi) is 4.67. The summed E-state index contributed by atoms with van der Waals surface area (Å²) in [5.74, 6) is -0.186. The molecule has 5 heteroatoms. The number of hydrogen-bond donors (Lipinski definition) is 2. The van der Waals surface area contributed by atoms with Crippen LogP contribution in [0.15, 0.2) is 22.7 Å². The SMILES string of the molecule is O=C(NC1CCC(Br)CC1)c1ccc(Br)cc1O. The standard InChI is InChI=1S/C13H15Br2NO2/c14-8-1-4-10(5-2-8)16-13(18)11-6-3-9(15)7-12(11)17/h3,6-8,10,17H,1-2,4-5H2,(H,16,18). The summed E-state index contributed by atoms with van der Waals surface area (Å²) in [6.07, 6.45) is 4.13. The molecule has 2 rings (SSSR count). The number of alkyl halides is 1. The van der Waals surface area contributed by atoms with Crippen molar-refractivity contribution in [2.24, 2.45) is 0 Å². The second kappa shape index (κ2) is 6.06. The predicted octanol–water partition coefficient (Wildman–Crippen LogP) is 3.59. The summed E-state index contributed by atoms with van der Waals surface area (Å²) in [5, 5.41) is 12.7. The third kappa shape index (κ3) is 3.48. The molecule has 1 aromatic rings. The smallest absolute Gasteiger partial charge is 0.255 e. The zero-order chi connectivity index (χ0) is 13.1. The van der Waals surface area contributed by atoms with E-state index in [0.717, 1.165) is 30.2 Å². The lowest BCUT2D eigenvalue weighted by atomic mass is 9.95. The minimum atomic E-state index is -0.196. The summed E-state index contributed by atoms with van der Waals surface area (Å²) in [7, 11) is 0. The van der Waals surface area contributed by atoms with Crippen molar-refractivity contribution in [3.8, 4) is 5.75 Å². The molecule has 18 heavy (non-hydrogen) atoms. The topological polar surface area (TPSA) is 49.3 Å². The van der Waals surface area contributed by atoms with Gasteiger partial charge in [-0.15, -0.1) is 0 Å². The van der Waals surface area contributed by atoms with Crippen molar-refractivity contribution >= 4 is 37.8 Å². The normalized spacial score (nSPS) is 23.7. The molecule has 98 valence electrons. The zero-order valence-corrected chi connectivity index (χ0v) is 13.0. The van der Waals surface area contributed by atoms with E-state index in [1.165, 1.54) is 6.07 Å². The highest BCUT2D eigenvalue weighted by Gasteiger charge is 2.22. The summed E-state index contributed by atoms with van der Waals surface area (Å²) in [4.78, 5) is 12.6. The van der Waals surface area contributed by atoms with Crippen LogP contribution in [-0.2, 0) is 0 Å². The van der Waals surface area contributed by atoms with E-state index >= 15 is 0 Å². The Bertz CT molecular complexity index is 443. The molecule has 0 spiro atoms. The lowest BCUT2D eigenvalue weighted by molar-refractivity contribution is 0.0925. The molecule has 1 amide bonds. The lowest BCUT2D eigenvalue weighted by Gasteiger charge is -2.26. The van der Waals surface area contributed by atoms with Crippen molar-refractivity contribution in [3.05, 3.63) is 28.2 Å². The summed E-state index contributed by atoms with van der Waals surface area (Å²) in [6, 6.07) is 5.13. The van der Waals surface area contributed by atoms with E-state index in [9.17, 15) is 9.90 Å². The number of carbonyl (C=O) groups excluding carboxylic acids is 1. The summed E-state index contributed by atoms with van der Waals surface area (Å²) in [5.41, 5.74) is 0.333. The number of amides is 1. The van der Waals surface area contributed by atoms with Crippen LogP contribution < -0.4 is 5.32 Å². The van der Waals surface area contributed by atoms with Crippen LogP contribution in [0.4, 0.5) is 0 Å². The van der Waals surface area contributed by atoms with Crippen LogP contribution in [0.5, 0.6) is 5.75 Å². The van der Waals surface area contributed by atoms with Crippen LogP contribution in [0, 0.1) is 0 Å². The van der Waals surface area contributed by atoms with Gasteiger partial charge in [-0.25, -0.2) is 0 Å². The van der Waals surface area contributed by atoms with Crippen molar-refractivity contribution in [3.63, 3.8) is 0 Å². The molecule has 1 fully saturated rings. The Labute approximate surface area is 123 Å². The first-order valence-electron chi connectivity index (χ1n) is 5.99. The van der Waals surface area contributed by atoms with Crippen molar-refractivity contribution in [2.45, 2.75) is 36.6 Å². The highest BCUT2D eigenvalue weighted by Crippen LogP contribution is 2.26. The van der Waals surface area contributed by atoms with Gasteiger partial charge in [0.1, 0.15) is 5.75 Å². The van der Waals surface area contributed by atoms with Gasteiger partial charge in [-0.3, -0.25) is 4.79 Å². The van der Waals surface area contributed by atoms with Crippen molar-refractivity contribution in [2.75, 3.05) is 0 Å². The van der Waals surface area contributed by atoms with Gasteiger partial charge in [0.25, 0.3) is 5.91 Å². The number of rotatable bonds is 2. The molecule has 1 saturated carbocycles. The fraction of sp³-hybridized carbons (Fsp3) is 0.462. The molecule has 1 aliphatic carbocycles. The Hall–Kier alpha value is -0.550.